The van der Waals surface area contributed by atoms with Gasteiger partial charge in [-0.2, -0.15) is 27.1 Å². The van der Waals surface area contributed by atoms with Crippen LogP contribution in [0.2, 0.25) is 5.02 Å². The minimum atomic E-state index is -5.96. The van der Waals surface area contributed by atoms with Gasteiger partial charge in [0.2, 0.25) is 0 Å². The summed E-state index contributed by atoms with van der Waals surface area (Å²) in [5.74, 6) is -7.88. The predicted octanol–water partition coefficient (Wildman–Crippen LogP) is 3.33. The summed E-state index contributed by atoms with van der Waals surface area (Å²) < 4.78 is 62.8. The van der Waals surface area contributed by atoms with Crippen molar-refractivity contribution in [2.75, 3.05) is 0 Å². The number of carbonyl (C=O) groups is 1. The molecule has 0 saturated carbocycles. The van der Waals surface area contributed by atoms with E-state index in [-0.39, 0.29) is 6.54 Å². The highest BCUT2D eigenvalue weighted by Gasteiger charge is 2.64. The third-order valence-electron chi connectivity index (χ3n) is 2.09. The number of alkyl halides is 5. The van der Waals surface area contributed by atoms with E-state index in [1.807, 2.05) is 0 Å². The van der Waals surface area contributed by atoms with Crippen LogP contribution in [0.4, 0.5) is 22.0 Å². The van der Waals surface area contributed by atoms with Gasteiger partial charge in [0, 0.05) is 6.54 Å². The Morgan fingerprint density at radius 3 is 2.39 bits per heavy atom. The molecule has 1 rings (SSSR count). The number of nitrogens with zero attached hydrogens (tertiary/aromatic N) is 2. The van der Waals surface area contributed by atoms with E-state index in [9.17, 15) is 26.7 Å². The Labute approximate surface area is 104 Å². The van der Waals surface area contributed by atoms with Gasteiger partial charge in [-0.15, -0.1) is 0 Å². The summed E-state index contributed by atoms with van der Waals surface area (Å²) in [5, 5.41) is 2.96. The summed E-state index contributed by atoms with van der Waals surface area (Å²) in [5.41, 5.74) is -0.930. The van der Waals surface area contributed by atoms with Crippen molar-refractivity contribution in [1.82, 2.24) is 9.78 Å². The maximum Gasteiger partial charge on any atom is 0.461 e. The van der Waals surface area contributed by atoms with Gasteiger partial charge < -0.3 is 0 Å². The number of carbonyl (C=O) groups excluding carboxylic acids is 1. The average Bonchev–Trinajstić information content (AvgIpc) is 2.58. The van der Waals surface area contributed by atoms with Crippen LogP contribution >= 0.6 is 11.6 Å². The predicted molar refractivity (Wildman–Crippen MR) is 52.9 cm³/mol. The van der Waals surface area contributed by atoms with Crippen molar-refractivity contribution < 1.29 is 26.7 Å². The van der Waals surface area contributed by atoms with Gasteiger partial charge in [0.05, 0.1) is 11.2 Å². The fraction of sp³-hybridized carbons (Fsp3) is 0.556. The number of hydrogen-bond donors (Lipinski definition) is 0. The number of Topliss-reactive ketones (excluding diaryl/α,β-unsaturated/α-hetero) is 1. The molecule has 18 heavy (non-hydrogen) atoms. The summed E-state index contributed by atoms with van der Waals surface area (Å²) in [6, 6.07) is 0. The molecule has 9 heteroatoms. The van der Waals surface area contributed by atoms with Crippen LogP contribution in [0.1, 0.15) is 23.8 Å². The highest BCUT2D eigenvalue weighted by Crippen LogP contribution is 2.39. The molecule has 0 radical (unpaired) electrons. The first kappa shape index (κ1) is 14.9. The Balaban J connectivity index is 3.23. The van der Waals surface area contributed by atoms with Crippen LogP contribution in [0.3, 0.4) is 0 Å². The van der Waals surface area contributed by atoms with Crippen molar-refractivity contribution in [2.24, 2.45) is 0 Å². The standard InChI is InChI=1S/C9H8ClF5N2O/c1-2-3-17-6(5(10)4-16-17)7(18)8(11,12)9(13,14)15/h4H,2-3H2,1H3. The molecule has 0 aromatic carbocycles. The van der Waals surface area contributed by atoms with E-state index in [4.69, 9.17) is 11.6 Å². The van der Waals surface area contributed by atoms with Crippen LogP contribution in [0.5, 0.6) is 0 Å². The molecular formula is C9H8ClF5N2O. The summed E-state index contributed by atoms with van der Waals surface area (Å²) >= 11 is 5.43. The molecule has 0 aliphatic heterocycles. The highest BCUT2D eigenvalue weighted by atomic mass is 35.5. The largest absolute Gasteiger partial charge is 0.461 e. The van der Waals surface area contributed by atoms with E-state index >= 15 is 0 Å². The van der Waals surface area contributed by atoms with Crippen LogP contribution in [-0.2, 0) is 6.54 Å². The van der Waals surface area contributed by atoms with Crippen LogP contribution in [0, 0.1) is 0 Å². The molecule has 0 fully saturated rings. The molecule has 0 aliphatic rings. The van der Waals surface area contributed by atoms with Crippen LogP contribution in [0.25, 0.3) is 0 Å². The Kier molecular flexibility index (Phi) is 3.99. The molecule has 0 bridgehead atoms. The summed E-state index contributed by atoms with van der Waals surface area (Å²) in [6.07, 6.45) is -4.71. The van der Waals surface area contributed by atoms with Gasteiger partial charge in [0.15, 0.2) is 0 Å². The second kappa shape index (κ2) is 4.83. The Morgan fingerprint density at radius 2 is 1.94 bits per heavy atom. The van der Waals surface area contributed by atoms with Gasteiger partial charge in [-0.1, -0.05) is 18.5 Å². The summed E-state index contributed by atoms with van der Waals surface area (Å²) in [4.78, 5) is 11.3. The minimum Gasteiger partial charge on any atom is -0.285 e. The molecule has 0 atom stereocenters. The van der Waals surface area contributed by atoms with E-state index in [1.54, 1.807) is 6.92 Å². The van der Waals surface area contributed by atoms with Crippen molar-refractivity contribution in [3.05, 3.63) is 16.9 Å². The normalized spacial score (nSPS) is 12.8. The second-order valence-corrected chi connectivity index (χ2v) is 3.87. The third-order valence-corrected chi connectivity index (χ3v) is 2.36. The van der Waals surface area contributed by atoms with E-state index in [1.165, 1.54) is 0 Å². The van der Waals surface area contributed by atoms with Crippen molar-refractivity contribution >= 4 is 17.4 Å². The molecule has 1 heterocycles. The first-order valence-electron chi connectivity index (χ1n) is 4.83. The smallest absolute Gasteiger partial charge is 0.285 e. The maximum atomic E-state index is 12.9. The molecule has 0 aliphatic carbocycles. The van der Waals surface area contributed by atoms with Gasteiger partial charge in [-0.3, -0.25) is 9.48 Å². The quantitative estimate of drug-likeness (QED) is 0.630. The van der Waals surface area contributed by atoms with Crippen LogP contribution in [0.15, 0.2) is 6.20 Å². The van der Waals surface area contributed by atoms with Gasteiger partial charge in [0.25, 0.3) is 5.78 Å². The van der Waals surface area contributed by atoms with E-state index < -0.39 is 28.6 Å². The highest BCUT2D eigenvalue weighted by molar-refractivity contribution is 6.34. The fourth-order valence-corrected chi connectivity index (χ4v) is 1.47. The van der Waals surface area contributed by atoms with Gasteiger partial charge in [-0.05, 0) is 6.42 Å². The lowest BCUT2D eigenvalue weighted by Crippen LogP contribution is -2.45. The van der Waals surface area contributed by atoms with E-state index in [2.05, 4.69) is 5.10 Å². The number of rotatable bonds is 4. The van der Waals surface area contributed by atoms with E-state index in [0.29, 0.717) is 6.42 Å². The number of aromatic nitrogens is 2. The first-order valence-corrected chi connectivity index (χ1v) is 5.21. The molecule has 3 nitrogen and oxygen atoms in total. The molecule has 1 aromatic heterocycles. The molecule has 0 N–H and O–H groups in total. The van der Waals surface area contributed by atoms with Gasteiger partial charge >= 0.3 is 12.1 Å². The lowest BCUT2D eigenvalue weighted by Gasteiger charge is -2.18. The first-order chi connectivity index (χ1) is 8.13. The monoisotopic (exact) mass is 290 g/mol. The maximum absolute atomic E-state index is 12.9. The molecule has 0 saturated heterocycles. The Bertz CT molecular complexity index is 454. The number of hydrogen-bond acceptors (Lipinski definition) is 2. The Hall–Kier alpha value is -1.18. The van der Waals surface area contributed by atoms with Gasteiger partial charge in [-0.25, -0.2) is 0 Å². The molecule has 0 amide bonds. The molecule has 1 aromatic rings. The molecule has 0 spiro atoms. The summed E-state index contributed by atoms with van der Waals surface area (Å²) in [6.45, 7) is 1.66. The van der Waals surface area contributed by atoms with Crippen molar-refractivity contribution in [3.63, 3.8) is 0 Å². The minimum absolute atomic E-state index is 0.0156. The zero-order valence-corrected chi connectivity index (χ0v) is 9.82. The topological polar surface area (TPSA) is 34.9 Å². The zero-order chi connectivity index (χ0) is 14.1. The molecule has 102 valence electrons. The lowest BCUT2D eigenvalue weighted by molar-refractivity contribution is -0.256. The van der Waals surface area contributed by atoms with E-state index in [0.717, 1.165) is 10.9 Å². The average molecular weight is 291 g/mol. The SMILES string of the molecule is CCCn1ncc(Cl)c1C(=O)C(F)(F)C(F)(F)F. The third kappa shape index (κ3) is 2.47. The number of halogens is 6. The van der Waals surface area contributed by atoms with Gasteiger partial charge in [0.1, 0.15) is 5.69 Å². The van der Waals surface area contributed by atoms with Crippen LogP contribution in [-0.4, -0.2) is 27.7 Å². The fourth-order valence-electron chi connectivity index (χ4n) is 1.25. The molecule has 0 unspecified atom stereocenters. The zero-order valence-electron chi connectivity index (χ0n) is 9.06. The number of aryl methyl sites for hydroxylation is 1. The van der Waals surface area contributed by atoms with Crippen molar-refractivity contribution in [3.8, 4) is 0 Å². The van der Waals surface area contributed by atoms with Crippen molar-refractivity contribution in [1.29, 1.82) is 0 Å². The Morgan fingerprint density at radius 1 is 1.39 bits per heavy atom. The second-order valence-electron chi connectivity index (χ2n) is 3.47. The lowest BCUT2D eigenvalue weighted by atomic mass is 10.1. The van der Waals surface area contributed by atoms with Crippen molar-refractivity contribution in [2.45, 2.75) is 32.0 Å². The number of ketones is 1. The van der Waals surface area contributed by atoms with Crippen LogP contribution < -0.4 is 0 Å². The molecular weight excluding hydrogens is 283 g/mol. The summed E-state index contributed by atoms with van der Waals surface area (Å²) in [7, 11) is 0.